The van der Waals surface area contributed by atoms with Gasteiger partial charge in [-0.3, -0.25) is 14.9 Å². The first-order valence-electron chi connectivity index (χ1n) is 9.78. The topological polar surface area (TPSA) is 84.9 Å². The molecule has 32 heavy (non-hydrogen) atoms. The van der Waals surface area contributed by atoms with Crippen molar-refractivity contribution in [2.24, 2.45) is 0 Å². The van der Waals surface area contributed by atoms with Crippen LogP contribution in [-0.2, 0) is 9.59 Å². The quantitative estimate of drug-likeness (QED) is 0.406. The maximum absolute atomic E-state index is 13.2. The van der Waals surface area contributed by atoms with Gasteiger partial charge in [-0.2, -0.15) is 0 Å². The highest BCUT2D eigenvalue weighted by molar-refractivity contribution is 6.39. The predicted octanol–water partition coefficient (Wildman–Crippen LogP) is 4.03. The molecule has 0 spiro atoms. The summed E-state index contributed by atoms with van der Waals surface area (Å²) in [5.74, 6) is 1.39. The highest BCUT2D eigenvalue weighted by atomic mass is 35.5. The lowest BCUT2D eigenvalue weighted by Crippen LogP contribution is -2.54. The van der Waals surface area contributed by atoms with E-state index in [0.717, 1.165) is 16.0 Å². The van der Waals surface area contributed by atoms with Crippen molar-refractivity contribution < 1.29 is 23.9 Å². The van der Waals surface area contributed by atoms with E-state index in [-0.39, 0.29) is 23.0 Å². The number of carbonyl (C=O) groups excluding carboxylic acids is 3. The molecule has 0 bridgehead atoms. The Kier molecular flexibility index (Phi) is 6.86. The van der Waals surface area contributed by atoms with Crippen molar-refractivity contribution in [3.63, 3.8) is 0 Å². The van der Waals surface area contributed by atoms with Gasteiger partial charge in [-0.25, -0.2) is 9.69 Å². The molecule has 1 heterocycles. The number of halogens is 1. The SMILES string of the molecule is C#CCOc1c(Cl)cc(/C=C2\C(=O)NC(=O)N(c3cccc(C)c3C)C2=O)cc1OCC. The predicted molar refractivity (Wildman–Crippen MR) is 122 cm³/mol. The number of anilines is 1. The molecule has 1 N–H and O–H groups in total. The van der Waals surface area contributed by atoms with Crippen molar-refractivity contribution >= 4 is 41.2 Å². The normalized spacial score (nSPS) is 14.9. The monoisotopic (exact) mass is 452 g/mol. The number of benzene rings is 2. The summed E-state index contributed by atoms with van der Waals surface area (Å²) in [6.07, 6.45) is 6.59. The second-order valence-electron chi connectivity index (χ2n) is 6.93. The molecule has 7 nitrogen and oxygen atoms in total. The first-order valence-corrected chi connectivity index (χ1v) is 10.2. The largest absolute Gasteiger partial charge is 0.490 e. The van der Waals surface area contributed by atoms with E-state index >= 15 is 0 Å². The number of nitrogens with zero attached hydrogens (tertiary/aromatic N) is 1. The molecule has 3 rings (SSSR count). The van der Waals surface area contributed by atoms with Crippen LogP contribution in [0.2, 0.25) is 5.02 Å². The Hall–Kier alpha value is -3.76. The van der Waals surface area contributed by atoms with Crippen molar-refractivity contribution in [3.05, 3.63) is 57.6 Å². The van der Waals surface area contributed by atoms with Gasteiger partial charge in [0, 0.05) is 0 Å². The number of terminal acetylenes is 1. The molecular formula is C24H21ClN2O5. The van der Waals surface area contributed by atoms with Gasteiger partial charge < -0.3 is 9.47 Å². The van der Waals surface area contributed by atoms with E-state index in [0.29, 0.717) is 23.6 Å². The summed E-state index contributed by atoms with van der Waals surface area (Å²) in [5.41, 5.74) is 2.25. The maximum Gasteiger partial charge on any atom is 0.335 e. The van der Waals surface area contributed by atoms with Gasteiger partial charge >= 0.3 is 6.03 Å². The zero-order chi connectivity index (χ0) is 23.4. The average Bonchev–Trinajstić information content (AvgIpc) is 2.73. The molecule has 2 aromatic carbocycles. The highest BCUT2D eigenvalue weighted by Gasteiger charge is 2.37. The molecule has 2 aromatic rings. The van der Waals surface area contributed by atoms with Gasteiger partial charge in [0.2, 0.25) is 0 Å². The van der Waals surface area contributed by atoms with Crippen LogP contribution in [0.25, 0.3) is 6.08 Å². The van der Waals surface area contributed by atoms with Gasteiger partial charge in [0.25, 0.3) is 11.8 Å². The Morgan fingerprint density at radius 2 is 1.94 bits per heavy atom. The van der Waals surface area contributed by atoms with Crippen LogP contribution in [0.15, 0.2) is 35.9 Å². The third-order valence-electron chi connectivity index (χ3n) is 4.86. The smallest absolute Gasteiger partial charge is 0.335 e. The number of ether oxygens (including phenoxy) is 2. The molecule has 8 heteroatoms. The minimum absolute atomic E-state index is 0.00592. The summed E-state index contributed by atoms with van der Waals surface area (Å²) >= 11 is 6.33. The molecule has 0 saturated carbocycles. The Morgan fingerprint density at radius 1 is 1.19 bits per heavy atom. The Morgan fingerprint density at radius 3 is 2.62 bits per heavy atom. The molecule has 1 fully saturated rings. The fraction of sp³-hybridized carbons (Fsp3) is 0.208. The number of amides is 4. The van der Waals surface area contributed by atoms with Gasteiger partial charge in [-0.15, -0.1) is 6.42 Å². The lowest BCUT2D eigenvalue weighted by Gasteiger charge is -2.28. The summed E-state index contributed by atoms with van der Waals surface area (Å²) in [6.45, 7) is 5.78. The Bertz CT molecular complexity index is 1180. The van der Waals surface area contributed by atoms with Gasteiger partial charge in [-0.1, -0.05) is 29.7 Å². The minimum Gasteiger partial charge on any atom is -0.490 e. The summed E-state index contributed by atoms with van der Waals surface area (Å²) in [6, 6.07) is 7.54. The van der Waals surface area contributed by atoms with Crippen molar-refractivity contribution in [2.45, 2.75) is 20.8 Å². The summed E-state index contributed by atoms with van der Waals surface area (Å²) in [4.78, 5) is 39.1. The van der Waals surface area contributed by atoms with Crippen molar-refractivity contribution in [1.82, 2.24) is 5.32 Å². The molecule has 1 aliphatic heterocycles. The van der Waals surface area contributed by atoms with Crippen molar-refractivity contribution in [3.8, 4) is 23.8 Å². The van der Waals surface area contributed by atoms with Crippen molar-refractivity contribution in [1.29, 1.82) is 0 Å². The lowest BCUT2D eigenvalue weighted by atomic mass is 10.0. The van der Waals surface area contributed by atoms with E-state index in [1.165, 1.54) is 12.1 Å². The molecule has 1 saturated heterocycles. The summed E-state index contributed by atoms with van der Waals surface area (Å²) < 4.78 is 11.0. The van der Waals surface area contributed by atoms with Crippen LogP contribution in [0.3, 0.4) is 0 Å². The van der Waals surface area contributed by atoms with Gasteiger partial charge in [0.1, 0.15) is 12.2 Å². The number of urea groups is 1. The number of carbonyl (C=O) groups is 3. The summed E-state index contributed by atoms with van der Waals surface area (Å²) in [7, 11) is 0. The third-order valence-corrected chi connectivity index (χ3v) is 5.14. The zero-order valence-corrected chi connectivity index (χ0v) is 18.6. The minimum atomic E-state index is -0.808. The number of hydrogen-bond acceptors (Lipinski definition) is 5. The average molecular weight is 453 g/mol. The second kappa shape index (κ2) is 9.58. The molecule has 0 aliphatic carbocycles. The number of imide groups is 2. The first kappa shape index (κ1) is 22.9. The Balaban J connectivity index is 2.06. The Labute approximate surface area is 190 Å². The number of rotatable bonds is 6. The number of hydrogen-bond donors (Lipinski definition) is 1. The zero-order valence-electron chi connectivity index (χ0n) is 17.8. The molecule has 0 radical (unpaired) electrons. The molecule has 0 unspecified atom stereocenters. The maximum atomic E-state index is 13.2. The first-order chi connectivity index (χ1) is 15.3. The number of barbiturate groups is 1. The fourth-order valence-electron chi connectivity index (χ4n) is 3.21. The van der Waals surface area contributed by atoms with Crippen LogP contribution in [0.5, 0.6) is 11.5 Å². The van der Waals surface area contributed by atoms with Crippen LogP contribution in [-0.4, -0.2) is 31.1 Å². The van der Waals surface area contributed by atoms with Gasteiger partial charge in [-0.05, 0) is 61.7 Å². The van der Waals surface area contributed by atoms with Gasteiger partial charge in [0.05, 0.1) is 17.3 Å². The van der Waals surface area contributed by atoms with Crippen LogP contribution in [0, 0.1) is 26.2 Å². The van der Waals surface area contributed by atoms with E-state index in [4.69, 9.17) is 27.5 Å². The van der Waals surface area contributed by atoms with Crippen molar-refractivity contribution in [2.75, 3.05) is 18.1 Å². The van der Waals surface area contributed by atoms with Crippen LogP contribution in [0.4, 0.5) is 10.5 Å². The lowest BCUT2D eigenvalue weighted by molar-refractivity contribution is -0.122. The van der Waals surface area contributed by atoms with Gasteiger partial charge in [0.15, 0.2) is 11.5 Å². The third kappa shape index (κ3) is 4.46. The molecular weight excluding hydrogens is 432 g/mol. The molecule has 0 aromatic heterocycles. The molecule has 4 amide bonds. The molecule has 164 valence electrons. The highest BCUT2D eigenvalue weighted by Crippen LogP contribution is 2.37. The summed E-state index contributed by atoms with van der Waals surface area (Å²) in [5, 5.41) is 2.42. The van der Waals surface area contributed by atoms with E-state index in [2.05, 4.69) is 11.2 Å². The van der Waals surface area contributed by atoms with E-state index < -0.39 is 17.8 Å². The number of aryl methyl sites for hydroxylation is 1. The number of nitrogens with one attached hydrogen (secondary N) is 1. The molecule has 0 atom stereocenters. The second-order valence-corrected chi connectivity index (χ2v) is 7.34. The van der Waals surface area contributed by atoms with E-state index in [1.54, 1.807) is 32.0 Å². The van der Waals surface area contributed by atoms with E-state index in [9.17, 15) is 14.4 Å². The van der Waals surface area contributed by atoms with E-state index in [1.807, 2.05) is 13.0 Å². The molecule has 1 aliphatic rings. The van der Waals surface area contributed by atoms with Crippen LogP contribution < -0.4 is 19.7 Å². The standard InChI is InChI=1S/C24H21ClN2O5/c1-5-10-32-21-18(25)12-16(13-20(21)31-6-2)11-17-22(28)26-24(30)27(23(17)29)19-9-7-8-14(3)15(19)4/h1,7-9,11-13H,6,10H2,2-4H3,(H,26,28,30)/b17-11+. The van der Waals surface area contributed by atoms with Crippen LogP contribution >= 0.6 is 11.6 Å². The van der Waals surface area contributed by atoms with Crippen LogP contribution in [0.1, 0.15) is 23.6 Å². The fourth-order valence-corrected chi connectivity index (χ4v) is 3.48.